The van der Waals surface area contributed by atoms with Crippen molar-refractivity contribution in [1.29, 1.82) is 0 Å². The quantitative estimate of drug-likeness (QED) is 0.610. The van der Waals surface area contributed by atoms with Crippen LogP contribution in [-0.2, 0) is 0 Å². The van der Waals surface area contributed by atoms with Gasteiger partial charge in [0.15, 0.2) is 5.82 Å². The van der Waals surface area contributed by atoms with E-state index in [1.165, 1.54) is 12.1 Å². The van der Waals surface area contributed by atoms with Crippen LogP contribution < -0.4 is 0 Å². The second kappa shape index (κ2) is 5.75. The van der Waals surface area contributed by atoms with Gasteiger partial charge in [0.1, 0.15) is 5.82 Å². The molecule has 0 amide bonds. The third-order valence-corrected chi connectivity index (χ3v) is 4.00. The molecule has 3 rings (SSSR count). The fourth-order valence-electron chi connectivity index (χ4n) is 1.99. The minimum absolute atomic E-state index is 0.142. The molecule has 7 heteroatoms. The summed E-state index contributed by atoms with van der Waals surface area (Å²) in [6, 6.07) is 11.9. The SMILES string of the molecule is Fc1cc(Cl)c(-n2c(Cl)nnc2-c2ccccc2)c(Br)c1. The van der Waals surface area contributed by atoms with Crippen molar-refractivity contribution >= 4 is 39.1 Å². The first kappa shape index (κ1) is 14.5. The van der Waals surface area contributed by atoms with Crippen molar-refractivity contribution in [2.45, 2.75) is 0 Å². The van der Waals surface area contributed by atoms with Gasteiger partial charge < -0.3 is 0 Å². The van der Waals surface area contributed by atoms with E-state index >= 15 is 0 Å². The van der Waals surface area contributed by atoms with Gasteiger partial charge in [-0.25, -0.2) is 4.39 Å². The van der Waals surface area contributed by atoms with Crippen LogP contribution in [0, 0.1) is 5.82 Å². The molecule has 0 unspecified atom stereocenters. The van der Waals surface area contributed by atoms with Crippen molar-refractivity contribution in [3.05, 3.63) is 63.1 Å². The Hall–Kier alpha value is -1.43. The fourth-order valence-corrected chi connectivity index (χ4v) is 3.20. The molecule has 0 atom stereocenters. The molecule has 0 fully saturated rings. The standard InChI is InChI=1S/C14H7BrCl2FN3/c15-10-6-9(18)7-11(16)12(10)21-13(19-20-14(21)17)8-4-2-1-3-5-8/h1-7H. The summed E-state index contributed by atoms with van der Waals surface area (Å²) in [7, 11) is 0. The molecule has 0 saturated heterocycles. The normalized spacial score (nSPS) is 10.9. The Morgan fingerprint density at radius 3 is 2.43 bits per heavy atom. The number of nitrogens with zero attached hydrogens (tertiary/aromatic N) is 3. The number of hydrogen-bond donors (Lipinski definition) is 0. The smallest absolute Gasteiger partial charge is 0.230 e. The molecule has 0 aliphatic rings. The van der Waals surface area contributed by atoms with Gasteiger partial charge in [-0.2, -0.15) is 0 Å². The number of benzene rings is 2. The third-order valence-electron chi connectivity index (χ3n) is 2.86. The summed E-state index contributed by atoms with van der Waals surface area (Å²) in [5.74, 6) is 0.0795. The van der Waals surface area contributed by atoms with Gasteiger partial charge in [-0.3, -0.25) is 4.57 Å². The molecule has 3 aromatic rings. The van der Waals surface area contributed by atoms with Gasteiger partial charge in [0, 0.05) is 10.0 Å². The lowest BCUT2D eigenvalue weighted by molar-refractivity contribution is 0.626. The highest BCUT2D eigenvalue weighted by Gasteiger charge is 2.19. The zero-order valence-corrected chi connectivity index (χ0v) is 13.5. The summed E-state index contributed by atoms with van der Waals surface area (Å²) in [6.45, 7) is 0. The van der Waals surface area contributed by atoms with Crippen molar-refractivity contribution in [1.82, 2.24) is 14.8 Å². The number of rotatable bonds is 2. The van der Waals surface area contributed by atoms with Gasteiger partial charge in [-0.05, 0) is 39.7 Å². The van der Waals surface area contributed by atoms with Gasteiger partial charge in [0.25, 0.3) is 0 Å². The zero-order valence-electron chi connectivity index (χ0n) is 10.4. The number of hydrogen-bond acceptors (Lipinski definition) is 2. The molecule has 0 aliphatic carbocycles. The lowest BCUT2D eigenvalue weighted by Crippen LogP contribution is -2.00. The maximum Gasteiger partial charge on any atom is 0.230 e. The fraction of sp³-hybridized carbons (Fsp3) is 0. The predicted molar refractivity (Wildman–Crippen MR) is 84.5 cm³/mol. The van der Waals surface area contributed by atoms with Gasteiger partial charge in [0.2, 0.25) is 5.28 Å². The Labute approximate surface area is 138 Å². The lowest BCUT2D eigenvalue weighted by Gasteiger charge is -2.12. The summed E-state index contributed by atoms with van der Waals surface area (Å²) in [5.41, 5.74) is 1.32. The van der Waals surface area contributed by atoms with E-state index in [0.717, 1.165) is 5.56 Å². The van der Waals surface area contributed by atoms with Crippen LogP contribution in [0.3, 0.4) is 0 Å². The Bertz CT molecular complexity index is 782. The Kier molecular flexibility index (Phi) is 3.97. The second-order valence-electron chi connectivity index (χ2n) is 4.21. The largest absolute Gasteiger partial charge is 0.263 e. The van der Waals surface area contributed by atoms with Crippen LogP contribution in [0.2, 0.25) is 10.3 Å². The van der Waals surface area contributed by atoms with Crippen molar-refractivity contribution < 1.29 is 4.39 Å². The van der Waals surface area contributed by atoms with Crippen molar-refractivity contribution in [3.63, 3.8) is 0 Å². The van der Waals surface area contributed by atoms with E-state index in [9.17, 15) is 4.39 Å². The first-order chi connectivity index (χ1) is 10.1. The van der Waals surface area contributed by atoms with Crippen molar-refractivity contribution in [2.75, 3.05) is 0 Å². The highest BCUT2D eigenvalue weighted by molar-refractivity contribution is 9.10. The van der Waals surface area contributed by atoms with E-state index in [-0.39, 0.29) is 10.3 Å². The summed E-state index contributed by atoms with van der Waals surface area (Å²) >= 11 is 15.6. The van der Waals surface area contributed by atoms with Crippen LogP contribution in [0.1, 0.15) is 0 Å². The maximum absolute atomic E-state index is 13.4. The van der Waals surface area contributed by atoms with Crippen molar-refractivity contribution in [3.8, 4) is 17.1 Å². The lowest BCUT2D eigenvalue weighted by atomic mass is 10.2. The molecule has 106 valence electrons. The van der Waals surface area contributed by atoms with Crippen LogP contribution in [-0.4, -0.2) is 14.8 Å². The molecule has 3 nitrogen and oxygen atoms in total. The van der Waals surface area contributed by atoms with Crippen LogP contribution in [0.15, 0.2) is 46.9 Å². The molecule has 0 bridgehead atoms. The predicted octanol–water partition coefficient (Wildman–Crippen LogP) is 5.14. The maximum atomic E-state index is 13.4. The Morgan fingerprint density at radius 1 is 1.05 bits per heavy atom. The molecule has 1 heterocycles. The van der Waals surface area contributed by atoms with E-state index < -0.39 is 5.82 Å². The highest BCUT2D eigenvalue weighted by atomic mass is 79.9. The molecular formula is C14H7BrCl2FN3. The summed E-state index contributed by atoms with van der Waals surface area (Å²) in [6.07, 6.45) is 0. The van der Waals surface area contributed by atoms with Gasteiger partial charge >= 0.3 is 0 Å². The molecule has 21 heavy (non-hydrogen) atoms. The molecular weight excluding hydrogens is 380 g/mol. The Balaban J connectivity index is 2.28. The van der Waals surface area contributed by atoms with Gasteiger partial charge in [-0.15, -0.1) is 10.2 Å². The summed E-state index contributed by atoms with van der Waals surface area (Å²) in [4.78, 5) is 0. The summed E-state index contributed by atoms with van der Waals surface area (Å²) in [5, 5.41) is 8.30. The van der Waals surface area contributed by atoms with Crippen LogP contribution >= 0.6 is 39.1 Å². The van der Waals surface area contributed by atoms with Crippen LogP contribution in [0.5, 0.6) is 0 Å². The second-order valence-corrected chi connectivity index (χ2v) is 5.81. The molecule has 0 spiro atoms. The van der Waals surface area contributed by atoms with Crippen LogP contribution in [0.4, 0.5) is 4.39 Å². The molecule has 0 N–H and O–H groups in total. The molecule has 0 aliphatic heterocycles. The topological polar surface area (TPSA) is 30.7 Å². The highest BCUT2D eigenvalue weighted by Crippen LogP contribution is 2.35. The van der Waals surface area contributed by atoms with E-state index in [1.54, 1.807) is 4.57 Å². The monoisotopic (exact) mass is 385 g/mol. The molecule has 0 radical (unpaired) electrons. The third kappa shape index (κ3) is 2.69. The number of halogens is 4. The first-order valence-electron chi connectivity index (χ1n) is 5.89. The molecule has 0 saturated carbocycles. The average Bonchev–Trinajstić information content (AvgIpc) is 2.81. The Morgan fingerprint density at radius 2 is 1.76 bits per heavy atom. The summed E-state index contributed by atoms with van der Waals surface area (Å²) < 4.78 is 15.4. The van der Waals surface area contributed by atoms with Crippen molar-refractivity contribution in [2.24, 2.45) is 0 Å². The van der Waals surface area contributed by atoms with E-state index in [1.807, 2.05) is 30.3 Å². The van der Waals surface area contributed by atoms with E-state index in [0.29, 0.717) is 16.0 Å². The number of aromatic nitrogens is 3. The minimum atomic E-state index is -0.443. The minimum Gasteiger partial charge on any atom is -0.263 e. The van der Waals surface area contributed by atoms with E-state index in [2.05, 4.69) is 26.1 Å². The first-order valence-corrected chi connectivity index (χ1v) is 7.44. The van der Waals surface area contributed by atoms with Gasteiger partial charge in [-0.1, -0.05) is 41.9 Å². The van der Waals surface area contributed by atoms with Crippen LogP contribution in [0.25, 0.3) is 17.1 Å². The van der Waals surface area contributed by atoms with Gasteiger partial charge in [0.05, 0.1) is 10.7 Å². The zero-order chi connectivity index (χ0) is 15.0. The average molecular weight is 387 g/mol. The molecule has 1 aromatic heterocycles. The van der Waals surface area contributed by atoms with E-state index in [4.69, 9.17) is 23.2 Å². The molecule has 2 aromatic carbocycles.